The minimum absolute atomic E-state index is 0.345. The fourth-order valence-corrected chi connectivity index (χ4v) is 5.60. The highest BCUT2D eigenvalue weighted by molar-refractivity contribution is 7.89. The van der Waals surface area contributed by atoms with Gasteiger partial charge >= 0.3 is 0 Å². The summed E-state index contributed by atoms with van der Waals surface area (Å²) in [5.41, 5.74) is 2.46. The highest BCUT2D eigenvalue weighted by Crippen LogP contribution is 2.38. The number of rotatable bonds is 2. The van der Waals surface area contributed by atoms with Crippen LogP contribution in [-0.4, -0.2) is 44.3 Å². The number of nitrogens with zero attached hydrogens (tertiary/aromatic N) is 2. The third-order valence-electron chi connectivity index (χ3n) is 5.24. The van der Waals surface area contributed by atoms with Crippen LogP contribution in [0.4, 0.5) is 0 Å². The molecule has 2 aliphatic heterocycles. The lowest BCUT2D eigenvalue weighted by Gasteiger charge is -2.24. The molecule has 2 aromatic rings. The van der Waals surface area contributed by atoms with Gasteiger partial charge in [0.15, 0.2) is 0 Å². The number of benzene rings is 2. The van der Waals surface area contributed by atoms with Crippen LogP contribution in [0.1, 0.15) is 17.0 Å². The Kier molecular flexibility index (Phi) is 3.95. The fraction of sp³-hybridized carbons (Fsp3) is 0.368. The normalized spacial score (nSPS) is 25.0. The first-order valence-electron chi connectivity index (χ1n) is 8.37. The molecule has 2 aliphatic rings. The van der Waals surface area contributed by atoms with Crippen LogP contribution in [0.3, 0.4) is 0 Å². The molecule has 0 bridgehead atoms. The topological polar surface area (TPSA) is 40.6 Å². The van der Waals surface area contributed by atoms with Crippen molar-refractivity contribution in [3.05, 3.63) is 65.7 Å². The SMILES string of the molecule is CN1C[C@H]2CN(S(=O)(=O)c3ccccc3)Cc3ccccc3[C@H]2C1. The average Bonchev–Trinajstić information content (AvgIpc) is 2.88. The smallest absolute Gasteiger partial charge is 0.243 e. The molecular formula is C19H22N2O2S. The molecule has 0 spiro atoms. The predicted molar refractivity (Wildman–Crippen MR) is 94.2 cm³/mol. The maximum absolute atomic E-state index is 13.1. The maximum Gasteiger partial charge on any atom is 0.243 e. The van der Waals surface area contributed by atoms with Crippen molar-refractivity contribution < 1.29 is 8.42 Å². The van der Waals surface area contributed by atoms with Gasteiger partial charge in [-0.2, -0.15) is 4.31 Å². The van der Waals surface area contributed by atoms with Gasteiger partial charge in [-0.15, -0.1) is 0 Å². The summed E-state index contributed by atoms with van der Waals surface area (Å²) in [7, 11) is -1.35. The van der Waals surface area contributed by atoms with Crippen LogP contribution in [0.25, 0.3) is 0 Å². The van der Waals surface area contributed by atoms with Crippen molar-refractivity contribution in [2.24, 2.45) is 5.92 Å². The molecule has 0 N–H and O–H groups in total. The van der Waals surface area contributed by atoms with E-state index >= 15 is 0 Å². The monoisotopic (exact) mass is 342 g/mol. The fourth-order valence-electron chi connectivity index (χ4n) is 4.10. The first-order valence-corrected chi connectivity index (χ1v) is 9.81. The molecule has 5 heteroatoms. The van der Waals surface area contributed by atoms with Gasteiger partial charge in [-0.1, -0.05) is 42.5 Å². The molecule has 1 saturated heterocycles. The number of hydrogen-bond donors (Lipinski definition) is 0. The lowest BCUT2D eigenvalue weighted by atomic mass is 9.87. The predicted octanol–water partition coefficient (Wildman–Crippen LogP) is 2.54. The largest absolute Gasteiger partial charge is 0.305 e. The van der Waals surface area contributed by atoms with E-state index in [2.05, 4.69) is 30.1 Å². The van der Waals surface area contributed by atoms with Gasteiger partial charge in [0.2, 0.25) is 10.0 Å². The zero-order chi connectivity index (χ0) is 16.7. The standard InChI is InChI=1S/C19H22N2O2S/c1-20-11-16-13-21(24(22,23)17-8-3-2-4-9-17)12-15-7-5-6-10-18(15)19(16)14-20/h2-10,16,19H,11-14H2,1H3/t16-,19-/m0/s1. The van der Waals surface area contributed by atoms with Crippen molar-refractivity contribution in [1.29, 1.82) is 0 Å². The molecular weight excluding hydrogens is 320 g/mol. The van der Waals surface area contributed by atoms with Crippen LogP contribution < -0.4 is 0 Å². The molecule has 0 amide bonds. The third-order valence-corrected chi connectivity index (χ3v) is 7.07. The van der Waals surface area contributed by atoms with Crippen LogP contribution >= 0.6 is 0 Å². The first-order chi connectivity index (χ1) is 11.6. The molecule has 0 aliphatic carbocycles. The van der Waals surface area contributed by atoms with E-state index in [9.17, 15) is 8.42 Å². The molecule has 4 nitrogen and oxygen atoms in total. The minimum atomic E-state index is -3.47. The number of sulfonamides is 1. The third kappa shape index (κ3) is 2.66. The number of likely N-dealkylation sites (N-methyl/N-ethyl adjacent to an activating group) is 1. The number of likely N-dealkylation sites (tertiary alicyclic amines) is 1. The van der Waals surface area contributed by atoms with E-state index in [-0.39, 0.29) is 0 Å². The summed E-state index contributed by atoms with van der Waals surface area (Å²) in [5, 5.41) is 0. The molecule has 0 aromatic heterocycles. The first kappa shape index (κ1) is 15.8. The van der Waals surface area contributed by atoms with Gasteiger partial charge in [-0.25, -0.2) is 8.42 Å². The Bertz CT molecular complexity index is 835. The van der Waals surface area contributed by atoms with Crippen LogP contribution in [0.2, 0.25) is 0 Å². The highest BCUT2D eigenvalue weighted by atomic mass is 32.2. The Labute approximate surface area is 143 Å². The van der Waals surface area contributed by atoms with E-state index in [0.29, 0.717) is 29.8 Å². The summed E-state index contributed by atoms with van der Waals surface area (Å²) < 4.78 is 27.9. The second kappa shape index (κ2) is 5.99. The molecule has 24 heavy (non-hydrogen) atoms. The molecule has 0 unspecified atom stereocenters. The van der Waals surface area contributed by atoms with Crippen LogP contribution in [-0.2, 0) is 16.6 Å². The molecule has 2 aromatic carbocycles. The van der Waals surface area contributed by atoms with Gasteiger partial charge in [-0.05, 0) is 36.2 Å². The average molecular weight is 342 g/mol. The zero-order valence-corrected chi connectivity index (χ0v) is 14.6. The van der Waals surface area contributed by atoms with E-state index in [4.69, 9.17) is 0 Å². The lowest BCUT2D eigenvalue weighted by molar-refractivity contribution is 0.328. The molecule has 0 saturated carbocycles. The summed E-state index contributed by atoms with van der Waals surface area (Å²) in [6, 6.07) is 17.1. The summed E-state index contributed by atoms with van der Waals surface area (Å²) in [4.78, 5) is 2.69. The molecule has 4 rings (SSSR count). The maximum atomic E-state index is 13.1. The van der Waals surface area contributed by atoms with Gasteiger partial charge in [0.25, 0.3) is 0 Å². The Morgan fingerprint density at radius 1 is 0.917 bits per heavy atom. The van der Waals surface area contributed by atoms with Gasteiger partial charge in [0.05, 0.1) is 4.90 Å². The van der Waals surface area contributed by atoms with E-state index in [0.717, 1.165) is 18.7 Å². The molecule has 126 valence electrons. The minimum Gasteiger partial charge on any atom is -0.305 e. The Hall–Kier alpha value is -1.69. The van der Waals surface area contributed by atoms with Crippen molar-refractivity contribution in [1.82, 2.24) is 9.21 Å². The molecule has 0 radical (unpaired) electrons. The number of hydrogen-bond acceptors (Lipinski definition) is 3. The Morgan fingerprint density at radius 3 is 2.42 bits per heavy atom. The van der Waals surface area contributed by atoms with Crippen molar-refractivity contribution in [2.45, 2.75) is 17.4 Å². The Morgan fingerprint density at radius 2 is 1.62 bits per heavy atom. The van der Waals surface area contributed by atoms with Crippen molar-refractivity contribution >= 4 is 10.0 Å². The van der Waals surface area contributed by atoms with Gasteiger partial charge in [0, 0.05) is 32.1 Å². The van der Waals surface area contributed by atoms with Gasteiger partial charge in [-0.3, -0.25) is 0 Å². The molecule has 2 heterocycles. The van der Waals surface area contributed by atoms with Crippen LogP contribution in [0.15, 0.2) is 59.5 Å². The summed E-state index contributed by atoms with van der Waals surface area (Å²) in [5.74, 6) is 0.763. The summed E-state index contributed by atoms with van der Waals surface area (Å²) in [6.45, 7) is 2.99. The van der Waals surface area contributed by atoms with E-state index in [1.165, 1.54) is 5.56 Å². The van der Waals surface area contributed by atoms with Gasteiger partial charge < -0.3 is 4.90 Å². The summed E-state index contributed by atoms with van der Waals surface area (Å²) >= 11 is 0. The van der Waals surface area contributed by atoms with Gasteiger partial charge in [0.1, 0.15) is 0 Å². The van der Waals surface area contributed by atoms with Crippen molar-refractivity contribution in [3.8, 4) is 0 Å². The summed E-state index contributed by atoms with van der Waals surface area (Å²) in [6.07, 6.45) is 0. The lowest BCUT2D eigenvalue weighted by Crippen LogP contribution is -2.35. The molecule has 1 fully saturated rings. The number of fused-ring (bicyclic) bond motifs is 3. The van der Waals surface area contributed by atoms with Crippen molar-refractivity contribution in [2.75, 3.05) is 26.7 Å². The second-order valence-corrected chi connectivity index (χ2v) is 8.84. The Balaban J connectivity index is 1.77. The van der Waals surface area contributed by atoms with Crippen molar-refractivity contribution in [3.63, 3.8) is 0 Å². The highest BCUT2D eigenvalue weighted by Gasteiger charge is 2.39. The van der Waals surface area contributed by atoms with Crippen LogP contribution in [0.5, 0.6) is 0 Å². The second-order valence-electron chi connectivity index (χ2n) is 6.90. The van der Waals surface area contributed by atoms with E-state index in [1.54, 1.807) is 28.6 Å². The zero-order valence-electron chi connectivity index (χ0n) is 13.8. The molecule has 2 atom stereocenters. The van der Waals surface area contributed by atoms with E-state index in [1.807, 2.05) is 12.1 Å². The van der Waals surface area contributed by atoms with Crippen LogP contribution in [0, 0.1) is 5.92 Å². The quantitative estimate of drug-likeness (QED) is 0.842. The van der Waals surface area contributed by atoms with E-state index < -0.39 is 10.0 Å².